The number of benzene rings is 2. The van der Waals surface area contributed by atoms with E-state index < -0.39 is 31.4 Å². The molecule has 0 unspecified atom stereocenters. The summed E-state index contributed by atoms with van der Waals surface area (Å²) in [7, 11) is 0. The minimum Gasteiger partial charge on any atom is -0.394 e. The summed E-state index contributed by atoms with van der Waals surface area (Å²) >= 11 is 15.2. The number of thioether (sulfide) groups is 1. The molecule has 2 aromatic carbocycles. The molecule has 0 bridgehead atoms. The number of urea groups is 1. The number of hydrogen-bond acceptors (Lipinski definition) is 8. The number of aliphatic hydroxyl groups is 3. The van der Waals surface area contributed by atoms with Crippen LogP contribution in [0.15, 0.2) is 36.4 Å². The summed E-state index contributed by atoms with van der Waals surface area (Å²) in [4.78, 5) is 32.6. The Labute approximate surface area is 279 Å². The zero-order chi connectivity index (χ0) is 32.0. The van der Waals surface area contributed by atoms with Gasteiger partial charge >= 0.3 is 6.03 Å². The first-order valence-corrected chi connectivity index (χ1v) is 17.5. The molecule has 10 nitrogen and oxygen atoms in total. The summed E-state index contributed by atoms with van der Waals surface area (Å²) in [5, 5.41) is 34.4. The van der Waals surface area contributed by atoms with Crippen molar-refractivity contribution in [2.45, 2.75) is 62.7 Å². The largest absolute Gasteiger partial charge is 0.394 e. The highest BCUT2D eigenvalue weighted by Gasteiger charge is 2.40. The van der Waals surface area contributed by atoms with Crippen molar-refractivity contribution in [2.24, 2.45) is 0 Å². The number of fused-ring (bicyclic) bond motifs is 1. The quantitative estimate of drug-likeness (QED) is 0.192. The van der Waals surface area contributed by atoms with Crippen LogP contribution >= 0.6 is 35.0 Å². The lowest BCUT2D eigenvalue weighted by molar-refractivity contribution is -0.122. The van der Waals surface area contributed by atoms with Crippen LogP contribution in [-0.4, -0.2) is 101 Å². The summed E-state index contributed by atoms with van der Waals surface area (Å²) in [6, 6.07) is 11.9. The Hall–Kier alpha value is -2.25. The number of para-hydroxylation sites is 2. The van der Waals surface area contributed by atoms with Crippen LogP contribution in [0.1, 0.15) is 43.2 Å². The van der Waals surface area contributed by atoms with Gasteiger partial charge in [-0.1, -0.05) is 41.8 Å². The van der Waals surface area contributed by atoms with E-state index in [1.807, 2.05) is 23.1 Å². The fourth-order valence-corrected chi connectivity index (χ4v) is 7.67. The van der Waals surface area contributed by atoms with E-state index in [1.165, 1.54) is 12.8 Å². The van der Waals surface area contributed by atoms with Gasteiger partial charge in [0.2, 0.25) is 5.91 Å². The Morgan fingerprint density at radius 3 is 2.33 bits per heavy atom. The van der Waals surface area contributed by atoms with Gasteiger partial charge < -0.3 is 35.8 Å². The number of amides is 3. The Kier molecular flexibility index (Phi) is 11.8. The second kappa shape index (κ2) is 15.6. The summed E-state index contributed by atoms with van der Waals surface area (Å²) in [6.07, 6.45) is 5.60. The number of halogens is 2. The lowest BCUT2D eigenvalue weighted by Gasteiger charge is -2.39. The molecule has 5 rings (SSSR count). The van der Waals surface area contributed by atoms with E-state index >= 15 is 0 Å². The number of aryl methyl sites for hydroxylation is 1. The molecule has 1 atom stereocenters. The molecule has 13 heteroatoms. The van der Waals surface area contributed by atoms with Gasteiger partial charge in [0.05, 0.1) is 37.2 Å². The van der Waals surface area contributed by atoms with E-state index in [4.69, 9.17) is 23.2 Å². The number of carbonyl (C=O) groups is 2. The Bertz CT molecular complexity index is 1340. The first kappa shape index (κ1) is 34.1. The minimum atomic E-state index is -1.45. The number of rotatable bonds is 14. The minimum absolute atomic E-state index is 0.142. The normalized spacial score (nSPS) is 18.6. The monoisotopic (exact) mass is 679 g/mol. The molecule has 246 valence electrons. The third-order valence-electron chi connectivity index (χ3n) is 8.84. The number of aliphatic hydroxyl groups excluding tert-OH is 3. The predicted octanol–water partition coefficient (Wildman–Crippen LogP) is 3.61. The van der Waals surface area contributed by atoms with Gasteiger partial charge in [-0.25, -0.2) is 4.79 Å². The fourth-order valence-electron chi connectivity index (χ4n) is 5.95. The second-order valence-electron chi connectivity index (χ2n) is 12.1. The Balaban J connectivity index is 1.11. The molecule has 45 heavy (non-hydrogen) atoms. The van der Waals surface area contributed by atoms with Crippen molar-refractivity contribution in [1.82, 2.24) is 15.5 Å². The number of anilines is 2. The van der Waals surface area contributed by atoms with Crippen LogP contribution in [0.5, 0.6) is 0 Å². The van der Waals surface area contributed by atoms with E-state index in [9.17, 15) is 24.9 Å². The number of nitrogens with zero attached hydrogens (tertiary/aromatic N) is 3. The van der Waals surface area contributed by atoms with Gasteiger partial charge in [-0.3, -0.25) is 9.69 Å². The first-order chi connectivity index (χ1) is 21.8. The maximum absolute atomic E-state index is 13.9. The maximum atomic E-state index is 13.9. The SMILES string of the molecule is O=C(NCCCCCc1cc(Cl)c(CN2CSC[C@H]2C(=O)N2CCN(C3CC3)c3ccccc32)cc1Cl)NC(CO)(CO)CO. The third kappa shape index (κ3) is 8.19. The van der Waals surface area contributed by atoms with Crippen molar-refractivity contribution in [1.29, 1.82) is 0 Å². The van der Waals surface area contributed by atoms with Crippen LogP contribution in [0.2, 0.25) is 10.0 Å². The van der Waals surface area contributed by atoms with E-state index in [-0.39, 0.29) is 11.9 Å². The zero-order valence-electron chi connectivity index (χ0n) is 25.4. The smallest absolute Gasteiger partial charge is 0.315 e. The van der Waals surface area contributed by atoms with E-state index in [0.717, 1.165) is 66.4 Å². The standard InChI is InChI=1S/C32H43Cl2N5O5S/c33-25-15-23(26(34)14-22(25)6-2-1-5-11-35-31(44)36-32(18-40,19-41)20-42)16-37-21-45-17-29(37)30(43)39-13-12-38(24-9-10-24)27-7-3-4-8-28(27)39/h3-4,7-8,14-15,24,29,40-42H,1-2,5-6,9-13,16-21H2,(H2,35,36,44)/t29-/m0/s1. The molecule has 2 aromatic rings. The van der Waals surface area contributed by atoms with Gasteiger partial charge in [-0.05, 0) is 67.5 Å². The van der Waals surface area contributed by atoms with Crippen LogP contribution in [-0.2, 0) is 17.8 Å². The van der Waals surface area contributed by atoms with E-state index in [1.54, 1.807) is 11.8 Å². The first-order valence-electron chi connectivity index (χ1n) is 15.6. The van der Waals surface area contributed by atoms with Gasteiger partial charge in [0.25, 0.3) is 0 Å². The molecule has 1 saturated carbocycles. The van der Waals surface area contributed by atoms with Crippen molar-refractivity contribution in [3.63, 3.8) is 0 Å². The topological polar surface area (TPSA) is 129 Å². The number of carbonyl (C=O) groups excluding carboxylic acids is 2. The number of hydrogen-bond donors (Lipinski definition) is 5. The molecule has 0 aromatic heterocycles. The molecular weight excluding hydrogens is 637 g/mol. The second-order valence-corrected chi connectivity index (χ2v) is 14.0. The lowest BCUT2D eigenvalue weighted by atomic mass is 10.0. The van der Waals surface area contributed by atoms with Crippen molar-refractivity contribution in [2.75, 3.05) is 60.9 Å². The van der Waals surface area contributed by atoms with Crippen molar-refractivity contribution >= 4 is 58.3 Å². The van der Waals surface area contributed by atoms with Crippen LogP contribution in [0.25, 0.3) is 0 Å². The summed E-state index contributed by atoms with van der Waals surface area (Å²) in [6.45, 7) is 0.803. The molecule has 0 spiro atoms. The highest BCUT2D eigenvalue weighted by Crippen LogP contribution is 2.41. The number of unbranched alkanes of at least 4 members (excludes halogenated alkanes) is 2. The summed E-state index contributed by atoms with van der Waals surface area (Å²) < 4.78 is 0. The number of nitrogens with one attached hydrogen (secondary N) is 2. The van der Waals surface area contributed by atoms with Crippen molar-refractivity contribution < 1.29 is 24.9 Å². The van der Waals surface area contributed by atoms with Crippen LogP contribution in [0.4, 0.5) is 16.2 Å². The molecule has 3 amide bonds. The maximum Gasteiger partial charge on any atom is 0.315 e. The molecular formula is C32H43Cl2N5O5S. The van der Waals surface area contributed by atoms with E-state index in [0.29, 0.717) is 35.7 Å². The molecule has 2 fully saturated rings. The Morgan fingerprint density at radius 2 is 1.62 bits per heavy atom. The van der Waals surface area contributed by atoms with Crippen molar-refractivity contribution in [3.8, 4) is 0 Å². The van der Waals surface area contributed by atoms with E-state index in [2.05, 4.69) is 38.6 Å². The van der Waals surface area contributed by atoms with Crippen LogP contribution in [0, 0.1) is 0 Å². The van der Waals surface area contributed by atoms with Crippen molar-refractivity contribution in [3.05, 3.63) is 57.6 Å². The summed E-state index contributed by atoms with van der Waals surface area (Å²) in [5.41, 5.74) is 2.59. The van der Waals surface area contributed by atoms with Crippen LogP contribution < -0.4 is 20.4 Å². The molecule has 1 aliphatic carbocycles. The summed E-state index contributed by atoms with van der Waals surface area (Å²) in [5.74, 6) is 1.64. The lowest BCUT2D eigenvalue weighted by Crippen LogP contribution is -2.59. The molecule has 2 heterocycles. The van der Waals surface area contributed by atoms with Gasteiger partial charge in [0.1, 0.15) is 5.54 Å². The van der Waals surface area contributed by atoms with Crippen LogP contribution in [0.3, 0.4) is 0 Å². The third-order valence-corrected chi connectivity index (χ3v) is 10.6. The molecule has 2 aliphatic heterocycles. The van der Waals surface area contributed by atoms with Gasteiger partial charge in [0.15, 0.2) is 0 Å². The van der Waals surface area contributed by atoms with Gasteiger partial charge in [0, 0.05) is 53.9 Å². The molecule has 0 radical (unpaired) electrons. The zero-order valence-corrected chi connectivity index (χ0v) is 27.7. The van der Waals surface area contributed by atoms with Gasteiger partial charge in [-0.2, -0.15) is 0 Å². The Morgan fingerprint density at radius 1 is 0.933 bits per heavy atom. The highest BCUT2D eigenvalue weighted by atomic mass is 35.5. The highest BCUT2D eigenvalue weighted by molar-refractivity contribution is 7.99. The van der Waals surface area contributed by atoms with Gasteiger partial charge in [-0.15, -0.1) is 11.8 Å². The molecule has 5 N–H and O–H groups in total. The molecule has 1 saturated heterocycles. The molecule has 3 aliphatic rings. The average Bonchev–Trinajstić information content (AvgIpc) is 3.80. The fraction of sp³-hybridized carbons (Fsp3) is 0.562. The predicted molar refractivity (Wildman–Crippen MR) is 180 cm³/mol. The average molecular weight is 681 g/mol.